The van der Waals surface area contributed by atoms with Crippen molar-refractivity contribution in [2.45, 2.75) is 5.54 Å². The van der Waals surface area contributed by atoms with Crippen molar-refractivity contribution >= 4 is 21.6 Å². The molecule has 19 heavy (non-hydrogen) atoms. The van der Waals surface area contributed by atoms with Crippen LogP contribution in [0.25, 0.3) is 0 Å². The van der Waals surface area contributed by atoms with E-state index in [0.717, 1.165) is 5.56 Å². The summed E-state index contributed by atoms with van der Waals surface area (Å²) in [4.78, 5) is 0. The highest BCUT2D eigenvalue weighted by Crippen LogP contribution is 2.25. The van der Waals surface area contributed by atoms with Crippen LogP contribution < -0.4 is 5.32 Å². The van der Waals surface area contributed by atoms with Gasteiger partial charge in [0.1, 0.15) is 9.84 Å². The van der Waals surface area contributed by atoms with E-state index in [1.807, 2.05) is 30.3 Å². The molecule has 1 aromatic rings. The molecule has 0 aliphatic heterocycles. The van der Waals surface area contributed by atoms with Gasteiger partial charge in [-0.3, -0.25) is 0 Å². The first-order chi connectivity index (χ1) is 8.93. The van der Waals surface area contributed by atoms with Gasteiger partial charge in [0.15, 0.2) is 0 Å². The molecule has 108 valence electrons. The highest BCUT2D eigenvalue weighted by molar-refractivity contribution is 8.00. The third kappa shape index (κ3) is 5.14. The Morgan fingerprint density at radius 1 is 1.32 bits per heavy atom. The summed E-state index contributed by atoms with van der Waals surface area (Å²) < 4.78 is 22.2. The molecule has 1 aromatic carbocycles. The zero-order chi connectivity index (χ0) is 14.4. The summed E-state index contributed by atoms with van der Waals surface area (Å²) in [5.74, 6) is 1.33. The average molecular weight is 303 g/mol. The molecule has 2 N–H and O–H groups in total. The second-order valence-corrected chi connectivity index (χ2v) is 7.90. The molecule has 4 nitrogen and oxygen atoms in total. The van der Waals surface area contributed by atoms with Crippen molar-refractivity contribution in [3.8, 4) is 0 Å². The molecule has 0 saturated carbocycles. The van der Waals surface area contributed by atoms with Gasteiger partial charge in [-0.15, -0.1) is 0 Å². The lowest BCUT2D eigenvalue weighted by Gasteiger charge is -2.32. The molecule has 0 radical (unpaired) electrons. The van der Waals surface area contributed by atoms with Crippen molar-refractivity contribution in [3.63, 3.8) is 0 Å². The van der Waals surface area contributed by atoms with Crippen LogP contribution in [-0.4, -0.2) is 50.7 Å². The lowest BCUT2D eigenvalue weighted by atomic mass is 9.93. The summed E-state index contributed by atoms with van der Waals surface area (Å²) in [5.41, 5.74) is 0.482. The molecule has 1 rings (SSSR count). The SMILES string of the molecule is CNC(CO)(CSCCS(C)(=O)=O)c1ccccc1. The van der Waals surface area contributed by atoms with Gasteiger partial charge >= 0.3 is 0 Å². The molecule has 0 spiro atoms. The van der Waals surface area contributed by atoms with E-state index in [9.17, 15) is 13.5 Å². The molecule has 1 unspecified atom stereocenters. The summed E-state index contributed by atoms with van der Waals surface area (Å²) in [5, 5.41) is 12.9. The fraction of sp³-hybridized carbons (Fsp3) is 0.538. The van der Waals surface area contributed by atoms with E-state index < -0.39 is 15.4 Å². The van der Waals surface area contributed by atoms with Gasteiger partial charge in [0, 0.05) is 17.8 Å². The Morgan fingerprint density at radius 3 is 2.42 bits per heavy atom. The first-order valence-corrected chi connectivity index (χ1v) is 9.26. The summed E-state index contributed by atoms with van der Waals surface area (Å²) in [6.45, 7) is -0.0284. The Bertz CT molecular complexity index is 470. The predicted molar refractivity (Wildman–Crippen MR) is 81.3 cm³/mol. The maximum Gasteiger partial charge on any atom is 0.148 e. The number of rotatable bonds is 8. The molecule has 1 atom stereocenters. The van der Waals surface area contributed by atoms with Gasteiger partial charge < -0.3 is 10.4 Å². The maximum absolute atomic E-state index is 11.1. The van der Waals surface area contributed by atoms with Gasteiger partial charge in [0.25, 0.3) is 0 Å². The van der Waals surface area contributed by atoms with Gasteiger partial charge in [-0.1, -0.05) is 30.3 Å². The third-order valence-electron chi connectivity index (χ3n) is 3.02. The number of sulfone groups is 1. The Morgan fingerprint density at radius 2 is 1.95 bits per heavy atom. The van der Waals surface area contributed by atoms with Gasteiger partial charge in [0.2, 0.25) is 0 Å². The molecular weight excluding hydrogens is 282 g/mol. The Kier molecular flexibility index (Phi) is 6.32. The van der Waals surface area contributed by atoms with Crippen molar-refractivity contribution in [1.82, 2.24) is 5.32 Å². The van der Waals surface area contributed by atoms with Gasteiger partial charge in [-0.2, -0.15) is 11.8 Å². The van der Waals surface area contributed by atoms with Crippen LogP contribution in [0.1, 0.15) is 5.56 Å². The van der Waals surface area contributed by atoms with E-state index in [0.29, 0.717) is 11.5 Å². The normalized spacial score (nSPS) is 15.1. The number of hydrogen-bond donors (Lipinski definition) is 2. The van der Waals surface area contributed by atoms with Gasteiger partial charge in [-0.05, 0) is 12.6 Å². The lowest BCUT2D eigenvalue weighted by Crippen LogP contribution is -2.46. The van der Waals surface area contributed by atoms with E-state index >= 15 is 0 Å². The Labute approximate surface area is 119 Å². The number of nitrogens with one attached hydrogen (secondary N) is 1. The summed E-state index contributed by atoms with van der Waals surface area (Å²) in [6, 6.07) is 9.71. The molecule has 0 bridgehead atoms. The van der Waals surface area contributed by atoms with Crippen LogP contribution in [0.15, 0.2) is 30.3 Å². The second kappa shape index (κ2) is 7.28. The molecule has 0 aliphatic carbocycles. The highest BCUT2D eigenvalue weighted by atomic mass is 32.2. The lowest BCUT2D eigenvalue weighted by molar-refractivity contribution is 0.187. The first kappa shape index (κ1) is 16.5. The van der Waals surface area contributed by atoms with Crippen molar-refractivity contribution in [3.05, 3.63) is 35.9 Å². The van der Waals surface area contributed by atoms with Crippen LogP contribution in [-0.2, 0) is 15.4 Å². The van der Waals surface area contributed by atoms with Gasteiger partial charge in [-0.25, -0.2) is 8.42 Å². The maximum atomic E-state index is 11.1. The molecule has 0 heterocycles. The third-order valence-corrected chi connectivity index (χ3v) is 5.42. The Hall–Kier alpha value is -0.560. The van der Waals surface area contributed by atoms with E-state index in [4.69, 9.17) is 0 Å². The van der Waals surface area contributed by atoms with Crippen LogP contribution in [0.3, 0.4) is 0 Å². The standard InChI is InChI=1S/C13H21NO3S2/c1-14-13(10-15,12-6-4-3-5-7-12)11-18-8-9-19(2,16)17/h3-7,14-15H,8-11H2,1-2H3. The minimum Gasteiger partial charge on any atom is -0.394 e. The Balaban J connectivity index is 2.68. The van der Waals surface area contributed by atoms with Crippen molar-refractivity contribution < 1.29 is 13.5 Å². The van der Waals surface area contributed by atoms with Crippen molar-refractivity contribution in [2.75, 3.05) is 37.2 Å². The van der Waals surface area contributed by atoms with Crippen LogP contribution in [0.5, 0.6) is 0 Å². The van der Waals surface area contributed by atoms with Crippen molar-refractivity contribution in [2.24, 2.45) is 0 Å². The summed E-state index contributed by atoms with van der Waals surface area (Å²) in [6.07, 6.45) is 1.24. The van der Waals surface area contributed by atoms with Crippen molar-refractivity contribution in [1.29, 1.82) is 0 Å². The summed E-state index contributed by atoms with van der Waals surface area (Å²) in [7, 11) is -1.12. The van der Waals surface area contributed by atoms with Crippen LogP contribution in [0.2, 0.25) is 0 Å². The average Bonchev–Trinajstić information content (AvgIpc) is 2.39. The number of aliphatic hydroxyl groups is 1. The van der Waals surface area contributed by atoms with E-state index in [-0.39, 0.29) is 12.4 Å². The van der Waals surface area contributed by atoms with Gasteiger partial charge in [0.05, 0.1) is 17.9 Å². The predicted octanol–water partition coefficient (Wildman–Crippen LogP) is 0.871. The fourth-order valence-electron chi connectivity index (χ4n) is 1.73. The van der Waals surface area contributed by atoms with Crippen LogP contribution in [0, 0.1) is 0 Å². The zero-order valence-electron chi connectivity index (χ0n) is 11.3. The minimum atomic E-state index is -2.92. The molecule has 0 amide bonds. The number of thioether (sulfide) groups is 1. The number of aliphatic hydroxyl groups excluding tert-OH is 1. The molecule has 0 fully saturated rings. The zero-order valence-corrected chi connectivity index (χ0v) is 12.9. The topological polar surface area (TPSA) is 66.4 Å². The quantitative estimate of drug-likeness (QED) is 0.698. The van der Waals surface area contributed by atoms with E-state index in [2.05, 4.69) is 5.32 Å². The number of likely N-dealkylation sites (N-methyl/N-ethyl adjacent to an activating group) is 1. The largest absolute Gasteiger partial charge is 0.394 e. The molecule has 0 aliphatic rings. The number of benzene rings is 1. The molecular formula is C13H21NO3S2. The second-order valence-electron chi connectivity index (χ2n) is 4.54. The van der Waals surface area contributed by atoms with Crippen LogP contribution in [0.4, 0.5) is 0 Å². The van der Waals surface area contributed by atoms with Crippen LogP contribution >= 0.6 is 11.8 Å². The molecule has 0 aromatic heterocycles. The van der Waals surface area contributed by atoms with E-state index in [1.54, 1.807) is 7.05 Å². The smallest absolute Gasteiger partial charge is 0.148 e. The molecule has 0 saturated heterocycles. The number of hydrogen-bond acceptors (Lipinski definition) is 5. The molecule has 6 heteroatoms. The monoisotopic (exact) mass is 303 g/mol. The summed E-state index contributed by atoms with van der Waals surface area (Å²) >= 11 is 1.53. The minimum absolute atomic E-state index is 0.0284. The fourth-order valence-corrected chi connectivity index (χ4v) is 4.31. The highest BCUT2D eigenvalue weighted by Gasteiger charge is 2.29. The van der Waals surface area contributed by atoms with E-state index in [1.165, 1.54) is 18.0 Å². The first-order valence-electron chi connectivity index (χ1n) is 6.04.